The first-order valence-electron chi connectivity index (χ1n) is 5.75. The quantitative estimate of drug-likeness (QED) is 0.945. The zero-order chi connectivity index (χ0) is 13.0. The Morgan fingerprint density at radius 2 is 2.17 bits per heavy atom. The molecule has 2 rings (SSSR count). The second kappa shape index (κ2) is 5.82. The maximum absolute atomic E-state index is 11.9. The van der Waals surface area contributed by atoms with E-state index < -0.39 is 0 Å². The molecule has 1 N–H and O–H groups in total. The molecule has 94 valence electrons. The van der Waals surface area contributed by atoms with E-state index in [9.17, 15) is 4.79 Å². The van der Waals surface area contributed by atoms with Crippen LogP contribution in [-0.2, 0) is 0 Å². The molecule has 4 nitrogen and oxygen atoms in total. The van der Waals surface area contributed by atoms with E-state index in [0.29, 0.717) is 0 Å². The molecule has 0 radical (unpaired) electrons. The summed E-state index contributed by atoms with van der Waals surface area (Å²) in [6, 6.07) is 7.80. The van der Waals surface area contributed by atoms with E-state index in [2.05, 4.69) is 26.2 Å². The van der Waals surface area contributed by atoms with E-state index in [1.165, 1.54) is 10.9 Å². The zero-order valence-corrected chi connectivity index (χ0v) is 11.6. The maximum atomic E-state index is 11.9. The third-order valence-corrected chi connectivity index (χ3v) is 3.25. The molecule has 0 aliphatic carbocycles. The summed E-state index contributed by atoms with van der Waals surface area (Å²) >= 11 is 3.40. The third kappa shape index (κ3) is 2.98. The molecule has 1 amide bonds. The van der Waals surface area contributed by atoms with Crippen LogP contribution in [0.15, 0.2) is 47.5 Å². The van der Waals surface area contributed by atoms with Gasteiger partial charge in [-0.2, -0.15) is 0 Å². The van der Waals surface area contributed by atoms with Gasteiger partial charge in [0, 0.05) is 16.9 Å². The van der Waals surface area contributed by atoms with E-state index in [-0.39, 0.29) is 12.1 Å². The van der Waals surface area contributed by atoms with Gasteiger partial charge in [-0.05, 0) is 24.1 Å². The molecule has 0 saturated carbocycles. The Balaban J connectivity index is 2.10. The lowest BCUT2D eigenvalue weighted by atomic mass is 10.1. The first-order chi connectivity index (χ1) is 8.70. The van der Waals surface area contributed by atoms with E-state index >= 15 is 0 Å². The summed E-state index contributed by atoms with van der Waals surface area (Å²) in [5.74, 6) is 0. The van der Waals surface area contributed by atoms with Crippen molar-refractivity contribution in [3.63, 3.8) is 0 Å². The van der Waals surface area contributed by atoms with Crippen LogP contribution in [-0.4, -0.2) is 15.6 Å². The molecule has 5 heteroatoms. The van der Waals surface area contributed by atoms with Gasteiger partial charge in [-0.25, -0.2) is 9.78 Å². The first-order valence-corrected chi connectivity index (χ1v) is 6.54. The topological polar surface area (TPSA) is 46.9 Å². The molecule has 0 spiro atoms. The maximum Gasteiger partial charge on any atom is 0.327 e. The highest BCUT2D eigenvalue weighted by atomic mass is 79.9. The molecule has 0 fully saturated rings. The molecule has 2 aromatic rings. The predicted octanol–water partition coefficient (Wildman–Crippen LogP) is 3.35. The summed E-state index contributed by atoms with van der Waals surface area (Å²) in [4.78, 5) is 15.8. The fourth-order valence-corrected chi connectivity index (χ4v) is 1.98. The van der Waals surface area contributed by atoms with Gasteiger partial charge in [0.2, 0.25) is 0 Å². The van der Waals surface area contributed by atoms with Gasteiger partial charge in [0.25, 0.3) is 0 Å². The summed E-state index contributed by atoms with van der Waals surface area (Å²) in [7, 11) is 0. The van der Waals surface area contributed by atoms with Crippen LogP contribution >= 0.6 is 15.9 Å². The van der Waals surface area contributed by atoms with Crippen LogP contribution in [0.5, 0.6) is 0 Å². The van der Waals surface area contributed by atoms with Crippen LogP contribution in [0.2, 0.25) is 0 Å². The van der Waals surface area contributed by atoms with Gasteiger partial charge in [0.1, 0.15) is 6.33 Å². The normalized spacial score (nSPS) is 12.1. The van der Waals surface area contributed by atoms with E-state index in [0.717, 1.165) is 16.5 Å². The number of imidazole rings is 1. The van der Waals surface area contributed by atoms with Crippen molar-refractivity contribution in [2.45, 2.75) is 19.4 Å². The lowest BCUT2D eigenvalue weighted by molar-refractivity contribution is 0.238. The van der Waals surface area contributed by atoms with Gasteiger partial charge in [0.05, 0.1) is 6.04 Å². The van der Waals surface area contributed by atoms with E-state index in [1.54, 1.807) is 12.4 Å². The number of benzene rings is 1. The molecule has 1 heterocycles. The number of hydrogen-bond donors (Lipinski definition) is 1. The van der Waals surface area contributed by atoms with Gasteiger partial charge >= 0.3 is 6.03 Å². The average Bonchev–Trinajstić information content (AvgIpc) is 2.91. The summed E-state index contributed by atoms with van der Waals surface area (Å²) in [5, 5.41) is 2.97. The number of amides is 1. The minimum atomic E-state index is -0.165. The van der Waals surface area contributed by atoms with Crippen molar-refractivity contribution in [3.05, 3.63) is 53.0 Å². The molecule has 0 aliphatic rings. The van der Waals surface area contributed by atoms with Gasteiger partial charge < -0.3 is 5.32 Å². The van der Waals surface area contributed by atoms with E-state index in [4.69, 9.17) is 0 Å². The highest BCUT2D eigenvalue weighted by molar-refractivity contribution is 9.10. The van der Waals surface area contributed by atoms with Crippen molar-refractivity contribution in [3.8, 4) is 0 Å². The monoisotopic (exact) mass is 307 g/mol. The zero-order valence-electron chi connectivity index (χ0n) is 10.0. The molecule has 1 aromatic heterocycles. The van der Waals surface area contributed by atoms with E-state index in [1.807, 2.05) is 31.2 Å². The number of rotatable bonds is 3. The molecule has 1 unspecified atom stereocenters. The predicted molar refractivity (Wildman–Crippen MR) is 73.3 cm³/mol. The van der Waals surface area contributed by atoms with Crippen LogP contribution in [0, 0.1) is 0 Å². The van der Waals surface area contributed by atoms with Crippen LogP contribution in [0.1, 0.15) is 24.9 Å². The molecular weight excluding hydrogens is 294 g/mol. The SMILES string of the molecule is CCC(NC(=O)n1ccnc1)c1ccc(Br)cc1. The number of carbonyl (C=O) groups excluding carboxylic acids is 1. The highest BCUT2D eigenvalue weighted by Gasteiger charge is 2.13. The number of nitrogens with zero attached hydrogens (tertiary/aromatic N) is 2. The van der Waals surface area contributed by atoms with Crippen molar-refractivity contribution in [1.82, 2.24) is 14.9 Å². The number of aromatic nitrogens is 2. The lowest BCUT2D eigenvalue weighted by Gasteiger charge is -2.17. The molecule has 1 aromatic carbocycles. The van der Waals surface area contributed by atoms with Crippen LogP contribution in [0.4, 0.5) is 4.79 Å². The van der Waals surface area contributed by atoms with Crippen molar-refractivity contribution in [1.29, 1.82) is 0 Å². The van der Waals surface area contributed by atoms with Crippen molar-refractivity contribution < 1.29 is 4.79 Å². The Labute approximate surface area is 114 Å². The number of halogens is 1. The molecule has 0 saturated heterocycles. The van der Waals surface area contributed by atoms with Crippen molar-refractivity contribution >= 4 is 22.0 Å². The fraction of sp³-hybridized carbons (Fsp3) is 0.231. The molecule has 0 bridgehead atoms. The molecular formula is C13H14BrN3O. The van der Waals surface area contributed by atoms with Crippen LogP contribution in [0.25, 0.3) is 0 Å². The van der Waals surface area contributed by atoms with Gasteiger partial charge in [0.15, 0.2) is 0 Å². The largest absolute Gasteiger partial charge is 0.331 e. The summed E-state index contributed by atoms with van der Waals surface area (Å²) < 4.78 is 2.46. The number of carbonyl (C=O) groups is 1. The first kappa shape index (κ1) is 12.8. The highest BCUT2D eigenvalue weighted by Crippen LogP contribution is 2.19. The van der Waals surface area contributed by atoms with Crippen LogP contribution in [0.3, 0.4) is 0 Å². The second-order valence-electron chi connectivity index (χ2n) is 3.93. The van der Waals surface area contributed by atoms with Crippen molar-refractivity contribution in [2.24, 2.45) is 0 Å². The van der Waals surface area contributed by atoms with Crippen LogP contribution < -0.4 is 5.32 Å². The Morgan fingerprint density at radius 3 is 2.72 bits per heavy atom. The Bertz CT molecular complexity index is 508. The van der Waals surface area contributed by atoms with Crippen molar-refractivity contribution in [2.75, 3.05) is 0 Å². The second-order valence-corrected chi connectivity index (χ2v) is 4.85. The minimum Gasteiger partial charge on any atom is -0.331 e. The third-order valence-electron chi connectivity index (χ3n) is 2.72. The van der Waals surface area contributed by atoms with Gasteiger partial charge in [-0.15, -0.1) is 0 Å². The summed E-state index contributed by atoms with van der Waals surface area (Å²) in [5.41, 5.74) is 1.09. The Morgan fingerprint density at radius 1 is 1.44 bits per heavy atom. The minimum absolute atomic E-state index is 0.00741. The Hall–Kier alpha value is -1.62. The van der Waals surface area contributed by atoms with Gasteiger partial charge in [-0.1, -0.05) is 35.0 Å². The summed E-state index contributed by atoms with van der Waals surface area (Å²) in [6.45, 7) is 2.04. The average molecular weight is 308 g/mol. The lowest BCUT2D eigenvalue weighted by Crippen LogP contribution is -2.31. The van der Waals surface area contributed by atoms with Gasteiger partial charge in [-0.3, -0.25) is 4.57 Å². The number of nitrogens with one attached hydrogen (secondary N) is 1. The fourth-order valence-electron chi connectivity index (χ4n) is 1.72. The number of hydrogen-bond acceptors (Lipinski definition) is 2. The molecule has 1 atom stereocenters. The standard InChI is InChI=1S/C13H14BrN3O/c1-2-12(10-3-5-11(14)6-4-10)16-13(18)17-8-7-15-9-17/h3-9,12H,2H2,1H3,(H,16,18). The Kier molecular flexibility index (Phi) is 4.15. The summed E-state index contributed by atoms with van der Waals surface area (Å²) in [6.07, 6.45) is 5.54. The smallest absolute Gasteiger partial charge is 0.327 e. The molecule has 18 heavy (non-hydrogen) atoms. The molecule has 0 aliphatic heterocycles.